The van der Waals surface area contributed by atoms with Crippen LogP contribution in [0.5, 0.6) is 5.75 Å². The minimum absolute atomic E-state index is 0.0285. The van der Waals surface area contributed by atoms with Gasteiger partial charge >= 0.3 is 0 Å². The molecule has 162 valence electrons. The van der Waals surface area contributed by atoms with Crippen molar-refractivity contribution in [1.29, 1.82) is 5.26 Å². The molecule has 4 aromatic rings. The Balaban J connectivity index is 1.47. The van der Waals surface area contributed by atoms with E-state index in [-0.39, 0.29) is 5.57 Å². The lowest BCUT2D eigenvalue weighted by Gasteiger charge is -2.10. The van der Waals surface area contributed by atoms with Gasteiger partial charge in [-0.1, -0.05) is 73.7 Å². The van der Waals surface area contributed by atoms with E-state index in [2.05, 4.69) is 36.5 Å². The van der Waals surface area contributed by atoms with Crippen molar-refractivity contribution in [2.24, 2.45) is 0 Å². The summed E-state index contributed by atoms with van der Waals surface area (Å²) in [6, 6.07) is 31.3. The zero-order valence-electron chi connectivity index (χ0n) is 18.4. The first kappa shape index (κ1) is 21.9. The molecule has 1 N–H and O–H groups in total. The molecule has 0 aromatic heterocycles. The number of aryl methyl sites for hydroxylation is 1. The van der Waals surface area contributed by atoms with Crippen molar-refractivity contribution in [3.05, 3.63) is 113 Å². The van der Waals surface area contributed by atoms with Gasteiger partial charge in [-0.05, 0) is 64.2 Å². The van der Waals surface area contributed by atoms with Crippen molar-refractivity contribution in [1.82, 2.24) is 0 Å². The summed E-state index contributed by atoms with van der Waals surface area (Å²) in [5.41, 5.74) is 3.69. The molecular formula is C29H24N2O2. The maximum atomic E-state index is 12.6. The molecular weight excluding hydrogens is 408 g/mol. The number of nitriles is 1. The standard InChI is InChI=1S/C29H24N2O2/c1-2-21-13-15-26(16-14-21)31-29(32)25(19-30)17-22-7-5-11-27(18-22)33-20-24-10-6-9-23-8-3-4-12-28(23)24/h3-18H,2,20H2,1H3,(H,31,32)/b25-17-. The average molecular weight is 433 g/mol. The van der Waals surface area contributed by atoms with Gasteiger partial charge in [0.2, 0.25) is 0 Å². The topological polar surface area (TPSA) is 62.1 Å². The first-order chi connectivity index (χ1) is 16.2. The average Bonchev–Trinajstić information content (AvgIpc) is 2.86. The van der Waals surface area contributed by atoms with Gasteiger partial charge in [0.25, 0.3) is 5.91 Å². The summed E-state index contributed by atoms with van der Waals surface area (Å²) in [4.78, 5) is 12.6. The molecule has 1 amide bonds. The van der Waals surface area contributed by atoms with E-state index in [9.17, 15) is 10.1 Å². The van der Waals surface area contributed by atoms with Crippen LogP contribution in [0, 0.1) is 11.3 Å². The number of nitrogens with one attached hydrogen (secondary N) is 1. The number of ether oxygens (including phenoxy) is 1. The second kappa shape index (κ2) is 10.3. The molecule has 4 aromatic carbocycles. The Kier molecular flexibility index (Phi) is 6.82. The summed E-state index contributed by atoms with van der Waals surface area (Å²) >= 11 is 0. The number of amides is 1. The molecule has 33 heavy (non-hydrogen) atoms. The van der Waals surface area contributed by atoms with Gasteiger partial charge in [0.05, 0.1) is 0 Å². The molecule has 0 aliphatic carbocycles. The summed E-state index contributed by atoms with van der Waals surface area (Å²) in [7, 11) is 0. The van der Waals surface area contributed by atoms with Crippen LogP contribution in [0.2, 0.25) is 0 Å². The highest BCUT2D eigenvalue weighted by Gasteiger charge is 2.10. The fourth-order valence-corrected chi connectivity index (χ4v) is 3.61. The van der Waals surface area contributed by atoms with E-state index in [1.165, 1.54) is 10.9 Å². The maximum Gasteiger partial charge on any atom is 0.266 e. The Labute approximate surface area is 193 Å². The fourth-order valence-electron chi connectivity index (χ4n) is 3.61. The van der Waals surface area contributed by atoms with Crippen LogP contribution in [0.1, 0.15) is 23.6 Å². The largest absolute Gasteiger partial charge is 0.489 e. The molecule has 0 saturated heterocycles. The van der Waals surface area contributed by atoms with Gasteiger partial charge in [0.15, 0.2) is 0 Å². The van der Waals surface area contributed by atoms with Crippen LogP contribution in [-0.4, -0.2) is 5.91 Å². The number of benzene rings is 4. The molecule has 4 heteroatoms. The van der Waals surface area contributed by atoms with Crippen LogP contribution in [-0.2, 0) is 17.8 Å². The lowest BCUT2D eigenvalue weighted by molar-refractivity contribution is -0.112. The van der Waals surface area contributed by atoms with Crippen LogP contribution in [0.4, 0.5) is 5.69 Å². The van der Waals surface area contributed by atoms with Gasteiger partial charge in [0, 0.05) is 5.69 Å². The van der Waals surface area contributed by atoms with Crippen LogP contribution in [0.25, 0.3) is 16.8 Å². The molecule has 0 saturated carbocycles. The highest BCUT2D eigenvalue weighted by molar-refractivity contribution is 6.09. The van der Waals surface area contributed by atoms with Gasteiger partial charge in [-0.25, -0.2) is 0 Å². The van der Waals surface area contributed by atoms with Gasteiger partial charge in [-0.3, -0.25) is 4.79 Å². The number of hydrogen-bond acceptors (Lipinski definition) is 3. The third kappa shape index (κ3) is 5.47. The Hall–Kier alpha value is -4.36. The van der Waals surface area contributed by atoms with Crippen molar-refractivity contribution < 1.29 is 9.53 Å². The van der Waals surface area contributed by atoms with Gasteiger partial charge in [0.1, 0.15) is 24.0 Å². The summed E-state index contributed by atoms with van der Waals surface area (Å²) in [6.45, 7) is 2.50. The maximum absolute atomic E-state index is 12.6. The number of carbonyl (C=O) groups is 1. The monoisotopic (exact) mass is 432 g/mol. The van der Waals surface area contributed by atoms with Crippen molar-refractivity contribution in [2.45, 2.75) is 20.0 Å². The second-order valence-corrected chi connectivity index (χ2v) is 7.67. The zero-order chi connectivity index (χ0) is 23.0. The molecule has 4 nitrogen and oxygen atoms in total. The third-order valence-corrected chi connectivity index (χ3v) is 5.43. The molecule has 0 fully saturated rings. The third-order valence-electron chi connectivity index (χ3n) is 5.43. The molecule has 0 radical (unpaired) electrons. The SMILES string of the molecule is CCc1ccc(NC(=O)/C(C#N)=C\c2cccc(OCc3cccc4ccccc34)c2)cc1. The number of anilines is 1. The smallest absolute Gasteiger partial charge is 0.266 e. The highest BCUT2D eigenvalue weighted by Crippen LogP contribution is 2.22. The number of nitrogens with zero attached hydrogens (tertiary/aromatic N) is 1. The molecule has 0 unspecified atom stereocenters. The van der Waals surface area contributed by atoms with Crippen LogP contribution in [0.15, 0.2) is 96.6 Å². The normalized spacial score (nSPS) is 11.1. The highest BCUT2D eigenvalue weighted by atomic mass is 16.5. The predicted octanol–water partition coefficient (Wildman–Crippen LogP) is 6.53. The van der Waals surface area contributed by atoms with Gasteiger partial charge in [-0.2, -0.15) is 5.26 Å². The quantitative estimate of drug-likeness (QED) is 0.267. The molecule has 4 rings (SSSR count). The molecule has 0 spiro atoms. The lowest BCUT2D eigenvalue weighted by Crippen LogP contribution is -2.13. The zero-order valence-corrected chi connectivity index (χ0v) is 18.4. The number of hydrogen-bond donors (Lipinski definition) is 1. The molecule has 0 aliphatic rings. The minimum Gasteiger partial charge on any atom is -0.489 e. The first-order valence-electron chi connectivity index (χ1n) is 10.9. The molecule has 0 bridgehead atoms. The van der Waals surface area contributed by atoms with E-state index >= 15 is 0 Å². The molecule has 0 heterocycles. The summed E-state index contributed by atoms with van der Waals surface area (Å²) < 4.78 is 6.02. The number of carbonyl (C=O) groups excluding carboxylic acids is 1. The van der Waals surface area contributed by atoms with Crippen molar-refractivity contribution in [2.75, 3.05) is 5.32 Å². The Morgan fingerprint density at radius 3 is 2.52 bits per heavy atom. The van der Waals surface area contributed by atoms with E-state index in [0.29, 0.717) is 18.0 Å². The van der Waals surface area contributed by atoms with Crippen molar-refractivity contribution in [3.63, 3.8) is 0 Å². The van der Waals surface area contributed by atoms with Crippen LogP contribution >= 0.6 is 0 Å². The van der Waals surface area contributed by atoms with E-state index in [4.69, 9.17) is 4.74 Å². The lowest BCUT2D eigenvalue weighted by atomic mass is 10.1. The summed E-state index contributed by atoms with van der Waals surface area (Å²) in [5.74, 6) is 0.230. The second-order valence-electron chi connectivity index (χ2n) is 7.67. The molecule has 0 atom stereocenters. The fraction of sp³-hybridized carbons (Fsp3) is 0.103. The van der Waals surface area contributed by atoms with Crippen molar-refractivity contribution >= 4 is 28.4 Å². The Morgan fingerprint density at radius 1 is 0.970 bits per heavy atom. The van der Waals surface area contributed by atoms with E-state index in [0.717, 1.165) is 22.9 Å². The predicted molar refractivity (Wildman–Crippen MR) is 133 cm³/mol. The minimum atomic E-state index is -0.441. The van der Waals surface area contributed by atoms with Crippen molar-refractivity contribution in [3.8, 4) is 11.8 Å². The first-order valence-corrected chi connectivity index (χ1v) is 10.9. The van der Waals surface area contributed by atoms with Crippen LogP contribution in [0.3, 0.4) is 0 Å². The van der Waals surface area contributed by atoms with E-state index in [1.54, 1.807) is 6.08 Å². The number of fused-ring (bicyclic) bond motifs is 1. The Bertz CT molecular complexity index is 1340. The van der Waals surface area contributed by atoms with E-state index < -0.39 is 5.91 Å². The summed E-state index contributed by atoms with van der Waals surface area (Å²) in [6.07, 6.45) is 2.50. The van der Waals surface area contributed by atoms with Gasteiger partial charge < -0.3 is 10.1 Å². The number of rotatable bonds is 7. The van der Waals surface area contributed by atoms with E-state index in [1.807, 2.05) is 72.8 Å². The summed E-state index contributed by atoms with van der Waals surface area (Å²) in [5, 5.41) is 14.6. The van der Waals surface area contributed by atoms with Crippen LogP contribution < -0.4 is 10.1 Å². The Morgan fingerprint density at radius 2 is 1.73 bits per heavy atom. The molecule has 0 aliphatic heterocycles. The van der Waals surface area contributed by atoms with Gasteiger partial charge in [-0.15, -0.1) is 0 Å².